The first-order valence-electron chi connectivity index (χ1n) is 4.54. The highest BCUT2D eigenvalue weighted by Crippen LogP contribution is 2.16. The lowest BCUT2D eigenvalue weighted by atomic mass is 10.2. The van der Waals surface area contributed by atoms with Crippen LogP contribution in [0.3, 0.4) is 0 Å². The summed E-state index contributed by atoms with van der Waals surface area (Å²) in [4.78, 5) is 36.8. The molecule has 0 aromatic heterocycles. The van der Waals surface area contributed by atoms with Crippen molar-refractivity contribution in [2.45, 2.75) is 0 Å². The second-order valence-corrected chi connectivity index (χ2v) is 3.86. The zero-order valence-electron chi connectivity index (χ0n) is 10.2. The summed E-state index contributed by atoms with van der Waals surface area (Å²) in [5.41, 5.74) is -3.94. The molecule has 0 fully saturated rings. The SMILES string of the molecule is O=C(Cl)c1ccccc1O.O=C(O)Cl.O=C(O)Cl.O=C(O)Cl. The Bertz CT molecular complexity index is 465. The predicted molar refractivity (Wildman–Crippen MR) is 79.9 cm³/mol. The molecule has 0 amide bonds. The van der Waals surface area contributed by atoms with Crippen molar-refractivity contribution in [1.82, 2.24) is 0 Å². The van der Waals surface area contributed by atoms with Crippen LogP contribution in [0.4, 0.5) is 14.4 Å². The van der Waals surface area contributed by atoms with Gasteiger partial charge in [0, 0.05) is 34.8 Å². The molecular formula is C10H8Cl4O8. The minimum atomic E-state index is -1.36. The number of carboxylic acid groups (broad SMARTS) is 3. The maximum Gasteiger partial charge on any atom is 0.401 e. The van der Waals surface area contributed by atoms with Crippen LogP contribution in [0, 0.1) is 0 Å². The van der Waals surface area contributed by atoms with Crippen LogP contribution in [0.15, 0.2) is 24.3 Å². The summed E-state index contributed by atoms with van der Waals surface area (Å²) in [5, 5.41) is 29.9. The number of rotatable bonds is 1. The van der Waals surface area contributed by atoms with Crippen LogP contribution >= 0.6 is 46.4 Å². The standard InChI is InChI=1S/C7H5ClO2.3CHClO2/c8-7(10)5-3-1-2-4-6(5)9;3*2-1(3)4/h1-4,9H;3*(H,3,4). The molecule has 1 rings (SSSR count). The number of hydrogen-bond donors (Lipinski definition) is 4. The summed E-state index contributed by atoms with van der Waals surface area (Å²) in [6.07, 6.45) is 0. The summed E-state index contributed by atoms with van der Waals surface area (Å²) in [6, 6.07) is 6.13. The van der Waals surface area contributed by atoms with Crippen LogP contribution in [0.5, 0.6) is 5.75 Å². The van der Waals surface area contributed by atoms with Crippen LogP contribution in [0.1, 0.15) is 10.4 Å². The topological polar surface area (TPSA) is 149 Å². The van der Waals surface area contributed by atoms with Crippen molar-refractivity contribution < 1.29 is 39.6 Å². The average Bonchev–Trinajstić information content (AvgIpc) is 2.26. The van der Waals surface area contributed by atoms with E-state index in [9.17, 15) is 4.79 Å². The minimum Gasteiger partial charge on any atom is -0.507 e. The summed E-state index contributed by atoms with van der Waals surface area (Å²) < 4.78 is 0. The highest BCUT2D eigenvalue weighted by Gasteiger charge is 2.04. The first kappa shape index (κ1) is 25.2. The maximum absolute atomic E-state index is 10.5. The lowest BCUT2D eigenvalue weighted by Gasteiger charge is -1.94. The van der Waals surface area contributed by atoms with Gasteiger partial charge in [-0.2, -0.15) is 0 Å². The van der Waals surface area contributed by atoms with Gasteiger partial charge in [-0.15, -0.1) is 0 Å². The third-order valence-corrected chi connectivity index (χ3v) is 1.32. The Morgan fingerprint density at radius 1 is 0.727 bits per heavy atom. The van der Waals surface area contributed by atoms with E-state index in [2.05, 4.69) is 34.8 Å². The summed E-state index contributed by atoms with van der Waals surface area (Å²) in [6.45, 7) is 0. The molecule has 1 aromatic carbocycles. The Labute approximate surface area is 143 Å². The molecule has 0 spiro atoms. The second-order valence-electron chi connectivity index (χ2n) is 2.55. The van der Waals surface area contributed by atoms with Crippen molar-refractivity contribution in [2.75, 3.05) is 0 Å². The van der Waals surface area contributed by atoms with Gasteiger partial charge in [0.25, 0.3) is 5.24 Å². The van der Waals surface area contributed by atoms with E-state index in [-0.39, 0.29) is 11.3 Å². The first-order chi connectivity index (χ1) is 9.91. The van der Waals surface area contributed by atoms with Gasteiger partial charge >= 0.3 is 16.3 Å². The largest absolute Gasteiger partial charge is 0.507 e. The van der Waals surface area contributed by atoms with Crippen LogP contribution in [0.2, 0.25) is 0 Å². The maximum atomic E-state index is 10.5. The fourth-order valence-electron chi connectivity index (χ4n) is 0.640. The number of phenols is 1. The number of halogens is 4. The Morgan fingerprint density at radius 3 is 1.18 bits per heavy atom. The van der Waals surface area contributed by atoms with Gasteiger partial charge in [-0.25, -0.2) is 14.4 Å². The number of aromatic hydroxyl groups is 1. The van der Waals surface area contributed by atoms with E-state index in [4.69, 9.17) is 46.4 Å². The monoisotopic (exact) mass is 396 g/mol. The van der Waals surface area contributed by atoms with Gasteiger partial charge in [0.1, 0.15) is 5.75 Å². The second kappa shape index (κ2) is 15.6. The molecule has 124 valence electrons. The molecule has 8 nitrogen and oxygen atoms in total. The van der Waals surface area contributed by atoms with Gasteiger partial charge in [-0.1, -0.05) is 12.1 Å². The summed E-state index contributed by atoms with van der Waals surface area (Å²) in [5.74, 6) is -0.0810. The first-order valence-corrected chi connectivity index (χ1v) is 6.06. The third kappa shape index (κ3) is 30.9. The Morgan fingerprint density at radius 2 is 1.00 bits per heavy atom. The molecule has 0 saturated heterocycles. The lowest BCUT2D eigenvalue weighted by molar-refractivity contribution is 0.107. The fraction of sp³-hybridized carbons (Fsp3) is 0. The van der Waals surface area contributed by atoms with Crippen LogP contribution in [-0.2, 0) is 0 Å². The molecule has 0 aliphatic carbocycles. The van der Waals surface area contributed by atoms with Crippen molar-refractivity contribution >= 4 is 67.9 Å². The van der Waals surface area contributed by atoms with E-state index in [1.807, 2.05) is 0 Å². The van der Waals surface area contributed by atoms with Gasteiger partial charge in [0.05, 0.1) is 5.56 Å². The van der Waals surface area contributed by atoms with Crippen LogP contribution in [-0.4, -0.2) is 42.0 Å². The van der Waals surface area contributed by atoms with Crippen LogP contribution in [0.25, 0.3) is 0 Å². The molecule has 1 aromatic rings. The van der Waals surface area contributed by atoms with E-state index < -0.39 is 21.5 Å². The van der Waals surface area contributed by atoms with Crippen LogP contribution < -0.4 is 0 Å². The Kier molecular flexibility index (Phi) is 17.9. The van der Waals surface area contributed by atoms with Gasteiger partial charge in [-0.05, 0) is 23.7 Å². The van der Waals surface area contributed by atoms with Crippen molar-refractivity contribution in [2.24, 2.45) is 0 Å². The van der Waals surface area contributed by atoms with Gasteiger partial charge in [0.15, 0.2) is 0 Å². The Balaban J connectivity index is -0.000000253. The molecule has 0 radical (unpaired) electrons. The smallest absolute Gasteiger partial charge is 0.401 e. The molecule has 22 heavy (non-hydrogen) atoms. The van der Waals surface area contributed by atoms with Gasteiger partial charge in [-0.3, -0.25) is 4.79 Å². The molecule has 0 atom stereocenters. The molecule has 12 heteroatoms. The van der Waals surface area contributed by atoms with Crippen molar-refractivity contribution in [3.05, 3.63) is 29.8 Å². The normalized spacial score (nSPS) is 7.64. The minimum absolute atomic E-state index is 0.0810. The molecule has 0 aliphatic rings. The van der Waals surface area contributed by atoms with Crippen molar-refractivity contribution in [3.63, 3.8) is 0 Å². The molecular weight excluding hydrogens is 390 g/mol. The van der Waals surface area contributed by atoms with Gasteiger partial charge < -0.3 is 20.4 Å². The number of benzene rings is 1. The van der Waals surface area contributed by atoms with Crippen molar-refractivity contribution in [1.29, 1.82) is 0 Å². The van der Waals surface area contributed by atoms with E-state index in [1.165, 1.54) is 12.1 Å². The molecule has 0 bridgehead atoms. The quantitative estimate of drug-likeness (QED) is 0.506. The highest BCUT2D eigenvalue weighted by molar-refractivity contribution is 6.68. The van der Waals surface area contributed by atoms with E-state index in [1.54, 1.807) is 12.1 Å². The average molecular weight is 398 g/mol. The molecule has 0 saturated carbocycles. The van der Waals surface area contributed by atoms with Crippen molar-refractivity contribution in [3.8, 4) is 5.75 Å². The molecule has 4 N–H and O–H groups in total. The summed E-state index contributed by atoms with van der Waals surface area (Å²) in [7, 11) is 0. The number of hydrogen-bond acceptors (Lipinski definition) is 5. The molecule has 0 heterocycles. The van der Waals surface area contributed by atoms with Gasteiger partial charge in [0.2, 0.25) is 0 Å². The number of carbonyl (C=O) groups excluding carboxylic acids is 1. The number of para-hydroxylation sites is 1. The zero-order valence-corrected chi connectivity index (χ0v) is 13.3. The highest BCUT2D eigenvalue weighted by atomic mass is 35.5. The zero-order chi connectivity index (χ0) is 18.3. The fourth-order valence-corrected chi connectivity index (χ4v) is 0.800. The lowest BCUT2D eigenvalue weighted by Crippen LogP contribution is -1.87. The number of phenolic OH excluding ortho intramolecular Hbond substituents is 1. The summed E-state index contributed by atoms with van der Waals surface area (Å²) >= 11 is 17.7. The predicted octanol–water partition coefficient (Wildman–Crippen LogP) is 4.48. The van der Waals surface area contributed by atoms with E-state index >= 15 is 0 Å². The number of carbonyl (C=O) groups is 4. The molecule has 0 aliphatic heterocycles. The molecule has 0 unspecified atom stereocenters. The van der Waals surface area contributed by atoms with E-state index in [0.717, 1.165) is 0 Å². The Hall–Kier alpha value is -1.74. The van der Waals surface area contributed by atoms with E-state index in [0.29, 0.717) is 0 Å². The third-order valence-electron chi connectivity index (χ3n) is 1.12.